The molecule has 0 amide bonds. The zero-order valence-corrected chi connectivity index (χ0v) is 19.0. The Morgan fingerprint density at radius 3 is 2.52 bits per heavy atom. The van der Waals surface area contributed by atoms with Gasteiger partial charge >= 0.3 is 0 Å². The molecule has 3 heterocycles. The van der Waals surface area contributed by atoms with Gasteiger partial charge in [0.15, 0.2) is 5.65 Å². The third-order valence-corrected chi connectivity index (χ3v) is 5.99. The van der Waals surface area contributed by atoms with Gasteiger partial charge in [0.1, 0.15) is 5.82 Å². The first-order valence-electron chi connectivity index (χ1n) is 10.3. The molecule has 1 aromatic carbocycles. The van der Waals surface area contributed by atoms with Crippen LogP contribution in [0.1, 0.15) is 29.8 Å². The standard InChI is InChI=1S/C22H24Cl2N6O/c1-13-9-19(27-6-5-26-16-3-7-31-8-4-16)30-22(28-13)20(14(2)29-30)21-17(23)10-15(12-25)11-18(21)24/h9-11,16,26-27H,3-8H2,1-2H3. The molecule has 4 rings (SSSR count). The van der Waals surface area contributed by atoms with Crippen molar-refractivity contribution in [3.05, 3.63) is 45.2 Å². The lowest BCUT2D eigenvalue weighted by atomic mass is 10.0. The number of nitrogens with zero attached hydrogens (tertiary/aromatic N) is 4. The minimum Gasteiger partial charge on any atom is -0.381 e. The Balaban J connectivity index is 1.62. The molecule has 162 valence electrons. The minimum atomic E-state index is 0.403. The maximum Gasteiger partial charge on any atom is 0.165 e. The quantitative estimate of drug-likeness (QED) is 0.533. The van der Waals surface area contributed by atoms with Gasteiger partial charge in [-0.2, -0.15) is 14.9 Å². The Morgan fingerprint density at radius 2 is 1.84 bits per heavy atom. The molecule has 0 radical (unpaired) electrons. The first kappa shape index (κ1) is 21.8. The highest BCUT2D eigenvalue weighted by Crippen LogP contribution is 2.39. The van der Waals surface area contributed by atoms with Gasteiger partial charge < -0.3 is 15.4 Å². The Kier molecular flexibility index (Phi) is 6.63. The Hall–Kier alpha value is -2.37. The van der Waals surface area contributed by atoms with E-state index in [4.69, 9.17) is 38.0 Å². The molecule has 1 saturated heterocycles. The van der Waals surface area contributed by atoms with Crippen molar-refractivity contribution in [1.29, 1.82) is 5.26 Å². The van der Waals surface area contributed by atoms with E-state index in [9.17, 15) is 5.26 Å². The van der Waals surface area contributed by atoms with E-state index in [0.29, 0.717) is 32.9 Å². The average Bonchev–Trinajstić information content (AvgIpc) is 3.07. The molecule has 1 fully saturated rings. The van der Waals surface area contributed by atoms with Crippen LogP contribution in [0.5, 0.6) is 0 Å². The first-order valence-corrected chi connectivity index (χ1v) is 11.0. The van der Waals surface area contributed by atoms with Crippen LogP contribution in [0.2, 0.25) is 10.0 Å². The molecule has 3 aromatic rings. The molecule has 9 heteroatoms. The summed E-state index contributed by atoms with van der Waals surface area (Å²) >= 11 is 13.0. The summed E-state index contributed by atoms with van der Waals surface area (Å²) < 4.78 is 7.20. The summed E-state index contributed by atoms with van der Waals surface area (Å²) in [6.45, 7) is 7.09. The molecule has 0 spiro atoms. The van der Waals surface area contributed by atoms with Gasteiger partial charge in [0.25, 0.3) is 0 Å². The summed E-state index contributed by atoms with van der Waals surface area (Å²) in [4.78, 5) is 4.71. The van der Waals surface area contributed by atoms with Gasteiger partial charge in [-0.25, -0.2) is 4.98 Å². The molecule has 0 unspecified atom stereocenters. The second kappa shape index (κ2) is 9.41. The maximum atomic E-state index is 9.18. The summed E-state index contributed by atoms with van der Waals surface area (Å²) in [6.07, 6.45) is 2.10. The van der Waals surface area contributed by atoms with Crippen LogP contribution in [0, 0.1) is 25.2 Å². The van der Waals surface area contributed by atoms with Crippen molar-refractivity contribution in [1.82, 2.24) is 19.9 Å². The van der Waals surface area contributed by atoms with Gasteiger partial charge in [-0.15, -0.1) is 0 Å². The molecular weight excluding hydrogens is 435 g/mol. The largest absolute Gasteiger partial charge is 0.381 e. The van der Waals surface area contributed by atoms with Crippen molar-refractivity contribution in [3.8, 4) is 17.2 Å². The number of nitriles is 1. The molecule has 7 nitrogen and oxygen atoms in total. The van der Waals surface area contributed by atoms with Gasteiger partial charge in [-0.05, 0) is 38.8 Å². The normalized spacial score (nSPS) is 14.7. The van der Waals surface area contributed by atoms with Crippen LogP contribution in [0.25, 0.3) is 16.8 Å². The fourth-order valence-electron chi connectivity index (χ4n) is 3.91. The first-order chi connectivity index (χ1) is 15.0. The third-order valence-electron chi connectivity index (χ3n) is 5.40. The minimum absolute atomic E-state index is 0.403. The second-order valence-corrected chi connectivity index (χ2v) is 8.49. The van der Waals surface area contributed by atoms with Crippen LogP contribution < -0.4 is 10.6 Å². The zero-order chi connectivity index (χ0) is 22.0. The lowest BCUT2D eigenvalue weighted by Crippen LogP contribution is -2.37. The number of aryl methyl sites for hydroxylation is 2. The third kappa shape index (κ3) is 4.63. The number of aromatic nitrogens is 3. The molecule has 0 atom stereocenters. The maximum absolute atomic E-state index is 9.18. The van der Waals surface area contributed by atoms with Crippen LogP contribution >= 0.6 is 23.2 Å². The van der Waals surface area contributed by atoms with Crippen LogP contribution in [-0.4, -0.2) is 46.9 Å². The lowest BCUT2D eigenvalue weighted by molar-refractivity contribution is 0.0784. The summed E-state index contributed by atoms with van der Waals surface area (Å²) in [5.41, 5.74) is 4.11. The van der Waals surface area contributed by atoms with E-state index in [1.165, 1.54) is 0 Å². The van der Waals surface area contributed by atoms with Crippen molar-refractivity contribution in [2.45, 2.75) is 32.7 Å². The number of hydrogen-bond acceptors (Lipinski definition) is 6. The topological polar surface area (TPSA) is 87.3 Å². The van der Waals surface area contributed by atoms with Gasteiger partial charge in [0.2, 0.25) is 0 Å². The predicted molar refractivity (Wildman–Crippen MR) is 123 cm³/mol. The highest BCUT2D eigenvalue weighted by Gasteiger charge is 2.21. The van der Waals surface area contributed by atoms with Crippen LogP contribution in [0.4, 0.5) is 5.82 Å². The summed E-state index contributed by atoms with van der Waals surface area (Å²) in [6, 6.07) is 7.78. The van der Waals surface area contributed by atoms with Crippen molar-refractivity contribution in [3.63, 3.8) is 0 Å². The van der Waals surface area contributed by atoms with Crippen molar-refractivity contribution < 1.29 is 4.74 Å². The number of hydrogen-bond donors (Lipinski definition) is 2. The highest BCUT2D eigenvalue weighted by molar-refractivity contribution is 6.39. The molecule has 1 aliphatic heterocycles. The molecule has 2 aromatic heterocycles. The van der Waals surface area contributed by atoms with Crippen LogP contribution in [-0.2, 0) is 4.74 Å². The highest BCUT2D eigenvalue weighted by atomic mass is 35.5. The number of nitrogens with one attached hydrogen (secondary N) is 2. The summed E-state index contributed by atoms with van der Waals surface area (Å²) in [5.74, 6) is 0.853. The molecule has 0 bridgehead atoms. The second-order valence-electron chi connectivity index (χ2n) is 7.67. The van der Waals surface area contributed by atoms with E-state index >= 15 is 0 Å². The van der Waals surface area contributed by atoms with Gasteiger partial charge in [0, 0.05) is 49.7 Å². The lowest BCUT2D eigenvalue weighted by Gasteiger charge is -2.23. The number of benzene rings is 1. The number of fused-ring (bicyclic) bond motifs is 1. The fraction of sp³-hybridized carbons (Fsp3) is 0.409. The van der Waals surface area contributed by atoms with Crippen LogP contribution in [0.15, 0.2) is 18.2 Å². The van der Waals surface area contributed by atoms with E-state index in [0.717, 1.165) is 61.9 Å². The van der Waals surface area contributed by atoms with E-state index in [1.54, 1.807) is 16.6 Å². The SMILES string of the molecule is Cc1cc(NCCNC2CCOCC2)n2nc(C)c(-c3c(Cl)cc(C#N)cc3Cl)c2n1. The zero-order valence-electron chi connectivity index (χ0n) is 17.5. The average molecular weight is 459 g/mol. The smallest absolute Gasteiger partial charge is 0.165 e. The number of anilines is 1. The molecular formula is C22H24Cl2N6O. The predicted octanol–water partition coefficient (Wildman–Crippen LogP) is 4.37. The van der Waals surface area contributed by atoms with Crippen molar-refractivity contribution >= 4 is 34.7 Å². The molecule has 0 saturated carbocycles. The van der Waals surface area contributed by atoms with Crippen molar-refractivity contribution in [2.75, 3.05) is 31.6 Å². The van der Waals surface area contributed by atoms with E-state index in [2.05, 4.69) is 16.7 Å². The Bertz CT molecular complexity index is 1120. The van der Waals surface area contributed by atoms with Crippen molar-refractivity contribution in [2.24, 2.45) is 0 Å². The number of rotatable bonds is 6. The Labute approximate surface area is 191 Å². The van der Waals surface area contributed by atoms with Gasteiger partial charge in [0.05, 0.1) is 32.9 Å². The fourth-order valence-corrected chi connectivity index (χ4v) is 4.58. The van der Waals surface area contributed by atoms with Crippen LogP contribution in [0.3, 0.4) is 0 Å². The molecule has 31 heavy (non-hydrogen) atoms. The summed E-state index contributed by atoms with van der Waals surface area (Å²) in [7, 11) is 0. The van der Waals surface area contributed by atoms with E-state index < -0.39 is 0 Å². The Morgan fingerprint density at radius 1 is 1.13 bits per heavy atom. The monoisotopic (exact) mass is 458 g/mol. The van der Waals surface area contributed by atoms with E-state index in [1.807, 2.05) is 19.9 Å². The molecule has 1 aliphatic rings. The van der Waals surface area contributed by atoms with Gasteiger partial charge in [-0.3, -0.25) is 0 Å². The van der Waals surface area contributed by atoms with Gasteiger partial charge in [-0.1, -0.05) is 23.2 Å². The number of ether oxygens (including phenoxy) is 1. The van der Waals surface area contributed by atoms with E-state index in [-0.39, 0.29) is 0 Å². The molecule has 2 N–H and O–H groups in total. The summed E-state index contributed by atoms with van der Waals surface area (Å²) in [5, 5.41) is 21.7. The number of halogens is 2. The molecule has 0 aliphatic carbocycles.